The van der Waals surface area contributed by atoms with Crippen molar-refractivity contribution in [3.05, 3.63) is 201 Å². The first-order chi connectivity index (χ1) is 24.1. The summed E-state index contributed by atoms with van der Waals surface area (Å²) in [4.78, 5) is 0. The largest absolute Gasteiger partial charge is 0.507 e. The molecule has 0 aliphatic heterocycles. The van der Waals surface area contributed by atoms with Crippen LogP contribution >= 0.6 is 0 Å². The molecule has 51 heavy (non-hydrogen) atoms. The van der Waals surface area contributed by atoms with Crippen molar-refractivity contribution in [1.29, 1.82) is 0 Å². The fraction of sp³-hybridized carbons (Fsp3) is 0.265. The summed E-state index contributed by atoms with van der Waals surface area (Å²) in [7, 11) is 0. The molecule has 0 aliphatic rings. The van der Waals surface area contributed by atoms with Crippen LogP contribution < -0.4 is 0 Å². The predicted molar refractivity (Wildman–Crippen MR) is 213 cm³/mol. The highest BCUT2D eigenvalue weighted by Crippen LogP contribution is 2.47. The average molecular weight is 673 g/mol. The fourth-order valence-corrected chi connectivity index (χ4v) is 7.60. The van der Waals surface area contributed by atoms with Gasteiger partial charge in [-0.1, -0.05) is 201 Å². The Bertz CT molecular complexity index is 1950. The second-order valence-corrected chi connectivity index (χ2v) is 16.2. The molecule has 6 aromatic carbocycles. The molecule has 6 aromatic rings. The summed E-state index contributed by atoms with van der Waals surface area (Å²) in [6, 6.07) is 50.6. The van der Waals surface area contributed by atoms with Gasteiger partial charge in [-0.2, -0.15) is 0 Å². The van der Waals surface area contributed by atoms with Gasteiger partial charge in [0, 0.05) is 39.2 Å². The standard InChI is InChI=1S/C49H52O2/c1-46(2,36-21-13-9-14-22-36)40-30-34(44(50)42(32-40)48(5,6)38-25-17-11-18-26-38)29-35-31-41(47(3,4)37-23-15-10-16-24-37)33-43(45(35)51)49(7,8)39-27-19-12-20-28-39/h9-28,30-33,50-51H,29H2,1-8H3. The first kappa shape index (κ1) is 35.7. The Morgan fingerprint density at radius 2 is 0.588 bits per heavy atom. The summed E-state index contributed by atoms with van der Waals surface area (Å²) in [5, 5.41) is 24.7. The lowest BCUT2D eigenvalue weighted by Crippen LogP contribution is -2.24. The monoisotopic (exact) mass is 672 g/mol. The second-order valence-electron chi connectivity index (χ2n) is 16.2. The molecular formula is C49H52O2. The maximum atomic E-state index is 12.3. The van der Waals surface area contributed by atoms with Gasteiger partial charge in [-0.15, -0.1) is 0 Å². The number of aromatic hydroxyl groups is 2. The lowest BCUT2D eigenvalue weighted by molar-refractivity contribution is 0.439. The van der Waals surface area contributed by atoms with Crippen LogP contribution in [-0.4, -0.2) is 10.2 Å². The van der Waals surface area contributed by atoms with Gasteiger partial charge < -0.3 is 10.2 Å². The van der Waals surface area contributed by atoms with Crippen molar-refractivity contribution < 1.29 is 10.2 Å². The van der Waals surface area contributed by atoms with E-state index in [1.807, 2.05) is 24.3 Å². The molecule has 0 heterocycles. The molecule has 0 unspecified atom stereocenters. The van der Waals surface area contributed by atoms with Gasteiger partial charge in [0.2, 0.25) is 0 Å². The van der Waals surface area contributed by atoms with Crippen molar-refractivity contribution in [2.75, 3.05) is 0 Å². The molecule has 6 rings (SSSR count). The highest BCUT2D eigenvalue weighted by Gasteiger charge is 2.34. The van der Waals surface area contributed by atoms with Gasteiger partial charge in [-0.3, -0.25) is 0 Å². The smallest absolute Gasteiger partial charge is 0.123 e. The van der Waals surface area contributed by atoms with Gasteiger partial charge in [0.1, 0.15) is 11.5 Å². The van der Waals surface area contributed by atoms with Crippen molar-refractivity contribution in [2.45, 2.75) is 83.5 Å². The Morgan fingerprint density at radius 3 is 0.863 bits per heavy atom. The van der Waals surface area contributed by atoms with Crippen LogP contribution in [0.25, 0.3) is 0 Å². The molecule has 0 aromatic heterocycles. The van der Waals surface area contributed by atoms with Crippen LogP contribution in [0.2, 0.25) is 0 Å². The van der Waals surface area contributed by atoms with Gasteiger partial charge in [0.25, 0.3) is 0 Å². The van der Waals surface area contributed by atoms with Gasteiger partial charge in [0.15, 0.2) is 0 Å². The number of rotatable bonds is 10. The second kappa shape index (κ2) is 13.6. The zero-order chi connectivity index (χ0) is 36.6. The number of phenolic OH excluding ortho intramolecular Hbond substituents is 2. The summed E-state index contributed by atoms with van der Waals surface area (Å²) >= 11 is 0. The molecule has 0 spiro atoms. The molecule has 0 amide bonds. The number of benzene rings is 6. The summed E-state index contributed by atoms with van der Waals surface area (Å²) < 4.78 is 0. The average Bonchev–Trinajstić information content (AvgIpc) is 3.14. The van der Waals surface area contributed by atoms with Crippen LogP contribution in [0.5, 0.6) is 11.5 Å². The number of hydrogen-bond donors (Lipinski definition) is 2. The molecular weight excluding hydrogens is 621 g/mol. The highest BCUT2D eigenvalue weighted by molar-refractivity contribution is 5.59. The molecule has 2 heteroatoms. The minimum absolute atomic E-state index is 0.271. The quantitative estimate of drug-likeness (QED) is 0.152. The third-order valence-electron chi connectivity index (χ3n) is 11.5. The van der Waals surface area contributed by atoms with Gasteiger partial charge in [-0.25, -0.2) is 0 Å². The van der Waals surface area contributed by atoms with Crippen molar-refractivity contribution >= 4 is 0 Å². The van der Waals surface area contributed by atoms with Crippen molar-refractivity contribution in [3.8, 4) is 11.5 Å². The van der Waals surface area contributed by atoms with E-state index in [9.17, 15) is 10.2 Å². The number of phenols is 2. The van der Waals surface area contributed by atoms with E-state index in [4.69, 9.17) is 0 Å². The minimum atomic E-state index is -0.484. The van der Waals surface area contributed by atoms with Gasteiger partial charge >= 0.3 is 0 Å². The van der Waals surface area contributed by atoms with E-state index in [2.05, 4.69) is 177 Å². The summed E-state index contributed by atoms with van der Waals surface area (Å²) in [5.41, 5.74) is 8.57. The zero-order valence-corrected chi connectivity index (χ0v) is 31.5. The number of hydrogen-bond acceptors (Lipinski definition) is 2. The SMILES string of the molecule is CC(C)(c1ccccc1)c1cc(Cc2cc(C(C)(C)c3ccccc3)cc(C(C)(C)c3ccccc3)c2O)c(O)c(C(C)(C)c2ccccc2)c1. The van der Waals surface area contributed by atoms with E-state index in [1.54, 1.807) is 0 Å². The Kier molecular flexibility index (Phi) is 9.51. The van der Waals surface area contributed by atoms with Crippen LogP contribution in [0.15, 0.2) is 146 Å². The zero-order valence-electron chi connectivity index (χ0n) is 31.5. The maximum absolute atomic E-state index is 12.3. The van der Waals surface area contributed by atoms with E-state index in [0.717, 1.165) is 44.5 Å². The van der Waals surface area contributed by atoms with Crippen LogP contribution in [0.3, 0.4) is 0 Å². The molecule has 0 saturated carbocycles. The van der Waals surface area contributed by atoms with E-state index < -0.39 is 10.8 Å². The normalized spacial score (nSPS) is 12.5. The Labute approximate surface area is 305 Å². The van der Waals surface area contributed by atoms with Crippen LogP contribution in [0.4, 0.5) is 0 Å². The Balaban J connectivity index is 1.59. The van der Waals surface area contributed by atoms with Crippen molar-refractivity contribution in [3.63, 3.8) is 0 Å². The highest BCUT2D eigenvalue weighted by atomic mass is 16.3. The lowest BCUT2D eigenvalue weighted by Gasteiger charge is -2.34. The molecule has 260 valence electrons. The minimum Gasteiger partial charge on any atom is -0.507 e. The molecule has 0 bridgehead atoms. The summed E-state index contributed by atoms with van der Waals surface area (Å²) in [6.07, 6.45) is 0.366. The molecule has 0 saturated heterocycles. The van der Waals surface area contributed by atoms with Crippen molar-refractivity contribution in [1.82, 2.24) is 0 Å². The first-order valence-corrected chi connectivity index (χ1v) is 18.1. The van der Waals surface area contributed by atoms with Crippen LogP contribution in [0.1, 0.15) is 111 Å². The maximum Gasteiger partial charge on any atom is 0.123 e. The fourth-order valence-electron chi connectivity index (χ4n) is 7.60. The van der Waals surface area contributed by atoms with Gasteiger partial charge in [0.05, 0.1) is 0 Å². The third kappa shape index (κ3) is 6.73. The van der Waals surface area contributed by atoms with E-state index in [0.29, 0.717) is 6.42 Å². The lowest BCUT2D eigenvalue weighted by atomic mass is 9.70. The Morgan fingerprint density at radius 1 is 0.333 bits per heavy atom. The molecule has 0 atom stereocenters. The predicted octanol–water partition coefficient (Wildman–Crippen LogP) is 12.0. The van der Waals surface area contributed by atoms with E-state index >= 15 is 0 Å². The molecule has 2 N–H and O–H groups in total. The van der Waals surface area contributed by atoms with Crippen LogP contribution in [-0.2, 0) is 28.1 Å². The van der Waals surface area contributed by atoms with Gasteiger partial charge in [-0.05, 0) is 44.5 Å². The Hall–Kier alpha value is -5.08. The van der Waals surface area contributed by atoms with Crippen molar-refractivity contribution in [2.24, 2.45) is 0 Å². The van der Waals surface area contributed by atoms with E-state index in [-0.39, 0.29) is 22.3 Å². The third-order valence-corrected chi connectivity index (χ3v) is 11.5. The molecule has 0 fully saturated rings. The van der Waals surface area contributed by atoms with E-state index in [1.165, 1.54) is 11.1 Å². The molecule has 0 radical (unpaired) electrons. The molecule has 0 aliphatic carbocycles. The summed E-state index contributed by atoms with van der Waals surface area (Å²) in [6.45, 7) is 17.7. The topological polar surface area (TPSA) is 40.5 Å². The van der Waals surface area contributed by atoms with Crippen LogP contribution in [0, 0.1) is 0 Å². The first-order valence-electron chi connectivity index (χ1n) is 18.1. The molecule has 2 nitrogen and oxygen atoms in total. The summed E-state index contributed by atoms with van der Waals surface area (Å²) in [5.74, 6) is 0.542.